The second kappa shape index (κ2) is 6.61. The molecule has 114 valence electrons. The predicted octanol–water partition coefficient (Wildman–Crippen LogP) is 3.47. The van der Waals surface area contributed by atoms with Crippen molar-refractivity contribution >= 4 is 5.97 Å². The van der Waals surface area contributed by atoms with Crippen molar-refractivity contribution in [1.29, 1.82) is 0 Å². The molecule has 1 unspecified atom stereocenters. The molecule has 2 aliphatic rings. The highest BCUT2D eigenvalue weighted by atomic mass is 16.4. The number of likely N-dealkylation sites (tertiary alicyclic amines) is 1. The number of hydrogen-bond donors (Lipinski definition) is 1. The molecule has 0 bridgehead atoms. The topological polar surface area (TPSA) is 40.5 Å². The van der Waals surface area contributed by atoms with Crippen LogP contribution in [0.2, 0.25) is 0 Å². The van der Waals surface area contributed by atoms with Crippen LogP contribution in [0, 0.1) is 5.92 Å². The van der Waals surface area contributed by atoms with Gasteiger partial charge in [-0.3, -0.25) is 9.69 Å². The van der Waals surface area contributed by atoms with E-state index in [4.69, 9.17) is 5.11 Å². The molecule has 0 spiro atoms. The molecule has 1 N–H and O–H groups in total. The Kier molecular flexibility index (Phi) is 4.59. The van der Waals surface area contributed by atoms with Gasteiger partial charge in [-0.2, -0.15) is 0 Å². The van der Waals surface area contributed by atoms with Crippen LogP contribution in [0.15, 0.2) is 24.3 Å². The Morgan fingerprint density at radius 1 is 1.05 bits per heavy atom. The summed E-state index contributed by atoms with van der Waals surface area (Å²) in [6, 6.07) is 8.91. The van der Waals surface area contributed by atoms with Gasteiger partial charge in [0, 0.05) is 12.6 Å². The summed E-state index contributed by atoms with van der Waals surface area (Å²) in [4.78, 5) is 13.4. The second-order valence-electron chi connectivity index (χ2n) is 6.61. The fraction of sp³-hybridized carbons (Fsp3) is 0.611. The zero-order valence-corrected chi connectivity index (χ0v) is 12.6. The van der Waals surface area contributed by atoms with Crippen LogP contribution in [0.3, 0.4) is 0 Å². The Bertz CT molecular complexity index is 476. The Morgan fingerprint density at radius 3 is 2.38 bits per heavy atom. The normalized spacial score (nSPS) is 23.7. The number of nitrogens with zero attached hydrogens (tertiary/aromatic N) is 1. The molecule has 1 saturated heterocycles. The number of aliphatic carboxylic acids is 1. The summed E-state index contributed by atoms with van der Waals surface area (Å²) in [6.07, 6.45) is 8.48. The summed E-state index contributed by atoms with van der Waals surface area (Å²) in [6.45, 7) is 2.24. The lowest BCUT2D eigenvalue weighted by Gasteiger charge is -2.29. The van der Waals surface area contributed by atoms with Crippen LogP contribution in [-0.2, 0) is 17.8 Å². The molecule has 1 aromatic carbocycles. The summed E-state index contributed by atoms with van der Waals surface area (Å²) in [5, 5.41) is 8.81. The fourth-order valence-electron chi connectivity index (χ4n) is 4.10. The lowest BCUT2D eigenvalue weighted by atomic mass is 9.95. The largest absolute Gasteiger partial charge is 0.481 e. The summed E-state index contributed by atoms with van der Waals surface area (Å²) < 4.78 is 0. The Labute approximate surface area is 127 Å². The Balaban J connectivity index is 1.61. The standard InChI is InChI=1S/C18H25NO2/c20-18(21)12-14-7-9-15(10-8-14)13-19-11-3-6-17(19)16-4-1-2-5-16/h7-10,16-17H,1-6,11-13H2,(H,20,21). The zero-order chi connectivity index (χ0) is 14.7. The number of hydrogen-bond acceptors (Lipinski definition) is 2. The molecule has 1 aromatic rings. The van der Waals surface area contributed by atoms with E-state index in [1.54, 1.807) is 0 Å². The van der Waals surface area contributed by atoms with E-state index in [9.17, 15) is 4.79 Å². The van der Waals surface area contributed by atoms with Gasteiger partial charge < -0.3 is 5.11 Å². The van der Waals surface area contributed by atoms with Gasteiger partial charge in [-0.25, -0.2) is 0 Å². The minimum absolute atomic E-state index is 0.120. The summed E-state index contributed by atoms with van der Waals surface area (Å²) in [5.74, 6) is 0.155. The molecule has 1 heterocycles. The van der Waals surface area contributed by atoms with Crippen molar-refractivity contribution in [3.8, 4) is 0 Å². The van der Waals surface area contributed by atoms with Gasteiger partial charge >= 0.3 is 5.97 Å². The quantitative estimate of drug-likeness (QED) is 0.901. The van der Waals surface area contributed by atoms with E-state index in [1.807, 2.05) is 12.1 Å². The maximum atomic E-state index is 10.7. The maximum Gasteiger partial charge on any atom is 0.307 e. The van der Waals surface area contributed by atoms with Crippen LogP contribution in [-0.4, -0.2) is 28.6 Å². The van der Waals surface area contributed by atoms with Gasteiger partial charge in [-0.15, -0.1) is 0 Å². The number of benzene rings is 1. The van der Waals surface area contributed by atoms with Crippen molar-refractivity contribution in [3.05, 3.63) is 35.4 Å². The molecule has 0 amide bonds. The first kappa shape index (κ1) is 14.6. The smallest absolute Gasteiger partial charge is 0.307 e. The van der Waals surface area contributed by atoms with E-state index in [1.165, 1.54) is 50.6 Å². The molecule has 21 heavy (non-hydrogen) atoms. The van der Waals surface area contributed by atoms with Crippen molar-refractivity contribution < 1.29 is 9.90 Å². The van der Waals surface area contributed by atoms with Crippen molar-refractivity contribution in [3.63, 3.8) is 0 Å². The molecule has 3 heteroatoms. The Hall–Kier alpha value is -1.35. The SMILES string of the molecule is O=C(O)Cc1ccc(CN2CCCC2C2CCCC2)cc1. The van der Waals surface area contributed by atoms with Gasteiger partial charge in [0.15, 0.2) is 0 Å². The molecule has 0 aromatic heterocycles. The predicted molar refractivity (Wildman–Crippen MR) is 83.2 cm³/mol. The van der Waals surface area contributed by atoms with Gasteiger partial charge in [0.25, 0.3) is 0 Å². The molecule has 1 aliphatic heterocycles. The summed E-state index contributed by atoms with van der Waals surface area (Å²) >= 11 is 0. The van der Waals surface area contributed by atoms with E-state index in [2.05, 4.69) is 17.0 Å². The fourth-order valence-corrected chi connectivity index (χ4v) is 4.10. The van der Waals surface area contributed by atoms with Crippen LogP contribution in [0.5, 0.6) is 0 Å². The number of carboxylic acid groups (broad SMARTS) is 1. The minimum atomic E-state index is -0.761. The first-order chi connectivity index (χ1) is 10.2. The number of rotatable bonds is 5. The van der Waals surface area contributed by atoms with Crippen LogP contribution < -0.4 is 0 Å². The van der Waals surface area contributed by atoms with Gasteiger partial charge in [0.1, 0.15) is 0 Å². The first-order valence-corrected chi connectivity index (χ1v) is 8.26. The van der Waals surface area contributed by atoms with Crippen molar-refractivity contribution in [2.45, 2.75) is 57.5 Å². The number of carboxylic acids is 1. The molecule has 3 nitrogen and oxygen atoms in total. The van der Waals surface area contributed by atoms with Crippen LogP contribution >= 0.6 is 0 Å². The van der Waals surface area contributed by atoms with Gasteiger partial charge in [0.05, 0.1) is 6.42 Å². The third kappa shape index (κ3) is 3.65. The second-order valence-corrected chi connectivity index (χ2v) is 6.61. The molecule has 2 fully saturated rings. The first-order valence-electron chi connectivity index (χ1n) is 8.26. The van der Waals surface area contributed by atoms with E-state index in [0.717, 1.165) is 24.1 Å². The van der Waals surface area contributed by atoms with Crippen LogP contribution in [0.4, 0.5) is 0 Å². The van der Waals surface area contributed by atoms with Gasteiger partial charge in [0.2, 0.25) is 0 Å². The highest BCUT2D eigenvalue weighted by Gasteiger charge is 2.32. The molecule has 1 atom stereocenters. The summed E-state index contributed by atoms with van der Waals surface area (Å²) in [5.41, 5.74) is 2.20. The average Bonchev–Trinajstić information content (AvgIpc) is 3.11. The monoisotopic (exact) mass is 287 g/mol. The average molecular weight is 287 g/mol. The lowest BCUT2D eigenvalue weighted by Crippen LogP contribution is -2.34. The molecule has 1 saturated carbocycles. The van der Waals surface area contributed by atoms with E-state index >= 15 is 0 Å². The molecule has 1 aliphatic carbocycles. The maximum absolute atomic E-state index is 10.7. The zero-order valence-electron chi connectivity index (χ0n) is 12.6. The molecule has 0 radical (unpaired) electrons. The number of carbonyl (C=O) groups is 1. The van der Waals surface area contributed by atoms with Crippen molar-refractivity contribution in [1.82, 2.24) is 4.90 Å². The lowest BCUT2D eigenvalue weighted by molar-refractivity contribution is -0.136. The van der Waals surface area contributed by atoms with E-state index in [0.29, 0.717) is 0 Å². The van der Waals surface area contributed by atoms with Gasteiger partial charge in [-0.05, 0) is 49.3 Å². The molecular formula is C18H25NO2. The minimum Gasteiger partial charge on any atom is -0.481 e. The molecule has 3 rings (SSSR count). The third-order valence-electron chi connectivity index (χ3n) is 5.12. The molecular weight excluding hydrogens is 262 g/mol. The van der Waals surface area contributed by atoms with E-state index in [-0.39, 0.29) is 6.42 Å². The highest BCUT2D eigenvalue weighted by Crippen LogP contribution is 2.36. The Morgan fingerprint density at radius 2 is 1.71 bits per heavy atom. The third-order valence-corrected chi connectivity index (χ3v) is 5.12. The van der Waals surface area contributed by atoms with Crippen LogP contribution in [0.25, 0.3) is 0 Å². The van der Waals surface area contributed by atoms with E-state index < -0.39 is 5.97 Å². The van der Waals surface area contributed by atoms with Crippen molar-refractivity contribution in [2.24, 2.45) is 5.92 Å². The van der Waals surface area contributed by atoms with Gasteiger partial charge in [-0.1, -0.05) is 37.1 Å². The highest BCUT2D eigenvalue weighted by molar-refractivity contribution is 5.70. The summed E-state index contributed by atoms with van der Waals surface area (Å²) in [7, 11) is 0. The van der Waals surface area contributed by atoms with Crippen molar-refractivity contribution in [2.75, 3.05) is 6.54 Å². The van der Waals surface area contributed by atoms with Crippen LogP contribution in [0.1, 0.15) is 49.7 Å².